The predicted octanol–water partition coefficient (Wildman–Crippen LogP) is 3.15. The molecule has 0 saturated heterocycles. The maximum atomic E-state index is 5.87. The van der Waals surface area contributed by atoms with Gasteiger partial charge in [0.2, 0.25) is 0 Å². The van der Waals surface area contributed by atoms with Crippen molar-refractivity contribution in [2.75, 3.05) is 6.61 Å². The van der Waals surface area contributed by atoms with Crippen LogP contribution in [0.2, 0.25) is 0 Å². The number of aromatic amines is 1. The molecule has 0 radical (unpaired) electrons. The van der Waals surface area contributed by atoms with Gasteiger partial charge >= 0.3 is 0 Å². The Kier molecular flexibility index (Phi) is 4.25. The van der Waals surface area contributed by atoms with Crippen molar-refractivity contribution >= 4 is 0 Å². The number of nitrogens with zero attached hydrogens (tertiary/aromatic N) is 1. The topological polar surface area (TPSA) is 49.9 Å². The van der Waals surface area contributed by atoms with Gasteiger partial charge in [0.1, 0.15) is 12.4 Å². The highest BCUT2D eigenvalue weighted by atomic mass is 16.5. The minimum atomic E-state index is 0.296. The van der Waals surface area contributed by atoms with Crippen LogP contribution in [0.5, 0.6) is 5.75 Å². The minimum Gasteiger partial charge on any atom is -0.492 e. The van der Waals surface area contributed by atoms with Crippen LogP contribution in [0.15, 0.2) is 30.5 Å². The molecule has 0 aliphatic heterocycles. The second-order valence-corrected chi connectivity index (χ2v) is 5.95. The van der Waals surface area contributed by atoms with Gasteiger partial charge in [-0.2, -0.15) is 5.10 Å². The fourth-order valence-electron chi connectivity index (χ4n) is 2.95. The first-order valence-corrected chi connectivity index (χ1v) is 7.70. The van der Waals surface area contributed by atoms with Gasteiger partial charge in [0, 0.05) is 12.1 Å². The standard InChI is InChI=1S/C17H23N3O/c1-12-5-3-7-15(9-12)21-11-13(2)19-16-8-4-6-14-10-18-20-17(14)16/h3,5,7,9-10,13,16,19H,4,6,8,11H2,1-2H3,(H,18,20). The number of fused-ring (bicyclic) bond motifs is 1. The van der Waals surface area contributed by atoms with Gasteiger partial charge in [-0.25, -0.2) is 0 Å². The number of aromatic nitrogens is 2. The van der Waals surface area contributed by atoms with Crippen LogP contribution in [-0.4, -0.2) is 22.8 Å². The summed E-state index contributed by atoms with van der Waals surface area (Å²) in [5.41, 5.74) is 3.83. The lowest BCUT2D eigenvalue weighted by atomic mass is 9.93. The van der Waals surface area contributed by atoms with Crippen LogP contribution in [0.4, 0.5) is 0 Å². The smallest absolute Gasteiger partial charge is 0.119 e. The van der Waals surface area contributed by atoms with Crippen molar-refractivity contribution in [1.82, 2.24) is 15.5 Å². The number of rotatable bonds is 5. The van der Waals surface area contributed by atoms with Gasteiger partial charge in [-0.1, -0.05) is 12.1 Å². The number of hydrogen-bond acceptors (Lipinski definition) is 3. The maximum Gasteiger partial charge on any atom is 0.119 e. The molecule has 2 atom stereocenters. The van der Waals surface area contributed by atoms with Crippen molar-refractivity contribution in [2.24, 2.45) is 0 Å². The molecule has 3 rings (SSSR count). The zero-order valence-electron chi connectivity index (χ0n) is 12.7. The van der Waals surface area contributed by atoms with E-state index in [2.05, 4.69) is 41.5 Å². The van der Waals surface area contributed by atoms with Gasteiger partial charge in [0.25, 0.3) is 0 Å². The second kappa shape index (κ2) is 6.31. The highest BCUT2D eigenvalue weighted by Gasteiger charge is 2.23. The largest absolute Gasteiger partial charge is 0.492 e. The summed E-state index contributed by atoms with van der Waals surface area (Å²) in [6.45, 7) is 4.92. The quantitative estimate of drug-likeness (QED) is 0.887. The lowest BCUT2D eigenvalue weighted by molar-refractivity contribution is 0.254. The summed E-state index contributed by atoms with van der Waals surface area (Å²) in [7, 11) is 0. The van der Waals surface area contributed by atoms with Gasteiger partial charge in [-0.3, -0.25) is 5.10 Å². The van der Waals surface area contributed by atoms with E-state index in [0.29, 0.717) is 18.7 Å². The monoisotopic (exact) mass is 285 g/mol. The van der Waals surface area contributed by atoms with Crippen molar-refractivity contribution in [1.29, 1.82) is 0 Å². The minimum absolute atomic E-state index is 0.296. The highest BCUT2D eigenvalue weighted by Crippen LogP contribution is 2.27. The van der Waals surface area contributed by atoms with Gasteiger partial charge in [0.05, 0.1) is 11.9 Å². The summed E-state index contributed by atoms with van der Waals surface area (Å²) in [4.78, 5) is 0. The number of H-pyrrole nitrogens is 1. The molecule has 0 spiro atoms. The van der Waals surface area contributed by atoms with E-state index in [0.717, 1.165) is 18.6 Å². The third-order valence-corrected chi connectivity index (χ3v) is 4.01. The summed E-state index contributed by atoms with van der Waals surface area (Å²) in [5, 5.41) is 11.0. The molecular formula is C17H23N3O. The molecule has 2 unspecified atom stereocenters. The van der Waals surface area contributed by atoms with Crippen molar-refractivity contribution in [2.45, 2.75) is 45.2 Å². The zero-order chi connectivity index (χ0) is 14.7. The Morgan fingerprint density at radius 3 is 3.24 bits per heavy atom. The molecule has 0 amide bonds. The lowest BCUT2D eigenvalue weighted by Gasteiger charge is -2.26. The first-order valence-electron chi connectivity index (χ1n) is 7.70. The van der Waals surface area contributed by atoms with Crippen LogP contribution < -0.4 is 10.1 Å². The van der Waals surface area contributed by atoms with Crippen LogP contribution in [0.1, 0.15) is 42.6 Å². The van der Waals surface area contributed by atoms with Crippen LogP contribution in [0.3, 0.4) is 0 Å². The summed E-state index contributed by atoms with van der Waals surface area (Å²) in [6, 6.07) is 8.85. The Labute approximate surface area is 125 Å². The van der Waals surface area contributed by atoms with Gasteiger partial charge < -0.3 is 10.1 Å². The summed E-state index contributed by atoms with van der Waals surface area (Å²) in [6.07, 6.45) is 5.47. The second-order valence-electron chi connectivity index (χ2n) is 5.95. The van der Waals surface area contributed by atoms with E-state index >= 15 is 0 Å². The van der Waals surface area contributed by atoms with E-state index in [9.17, 15) is 0 Å². The SMILES string of the molecule is Cc1cccc(OCC(C)NC2CCCc3cn[nH]c32)c1. The summed E-state index contributed by atoms with van der Waals surface area (Å²) < 4.78 is 5.87. The Morgan fingerprint density at radius 2 is 2.38 bits per heavy atom. The zero-order valence-corrected chi connectivity index (χ0v) is 12.7. The number of ether oxygens (including phenoxy) is 1. The molecule has 4 heteroatoms. The average molecular weight is 285 g/mol. The lowest BCUT2D eigenvalue weighted by Crippen LogP contribution is -2.36. The van der Waals surface area contributed by atoms with Gasteiger partial charge in [-0.15, -0.1) is 0 Å². The van der Waals surface area contributed by atoms with Crippen LogP contribution >= 0.6 is 0 Å². The first-order chi connectivity index (χ1) is 10.2. The van der Waals surface area contributed by atoms with Gasteiger partial charge in [-0.05, 0) is 56.4 Å². The van der Waals surface area contributed by atoms with E-state index in [4.69, 9.17) is 4.74 Å². The fourth-order valence-corrected chi connectivity index (χ4v) is 2.95. The Hall–Kier alpha value is -1.81. The van der Waals surface area contributed by atoms with Crippen molar-refractivity contribution < 1.29 is 4.74 Å². The van der Waals surface area contributed by atoms with E-state index in [-0.39, 0.29) is 0 Å². The van der Waals surface area contributed by atoms with Crippen LogP contribution in [0, 0.1) is 6.92 Å². The number of hydrogen-bond donors (Lipinski definition) is 2. The molecule has 1 heterocycles. The molecular weight excluding hydrogens is 262 g/mol. The molecule has 4 nitrogen and oxygen atoms in total. The van der Waals surface area contributed by atoms with Crippen molar-refractivity contribution in [3.05, 3.63) is 47.3 Å². The van der Waals surface area contributed by atoms with E-state index in [1.165, 1.54) is 23.2 Å². The molecule has 112 valence electrons. The molecule has 0 fully saturated rings. The number of benzene rings is 1. The average Bonchev–Trinajstić information content (AvgIpc) is 2.95. The molecule has 21 heavy (non-hydrogen) atoms. The molecule has 2 N–H and O–H groups in total. The molecule has 1 aromatic carbocycles. The van der Waals surface area contributed by atoms with Crippen molar-refractivity contribution in [3.63, 3.8) is 0 Å². The maximum absolute atomic E-state index is 5.87. The number of nitrogens with one attached hydrogen (secondary N) is 2. The third-order valence-electron chi connectivity index (χ3n) is 4.01. The van der Waals surface area contributed by atoms with E-state index < -0.39 is 0 Å². The Morgan fingerprint density at radius 1 is 1.48 bits per heavy atom. The molecule has 2 aromatic rings. The first kappa shape index (κ1) is 14.1. The van der Waals surface area contributed by atoms with Crippen molar-refractivity contribution in [3.8, 4) is 5.75 Å². The van der Waals surface area contributed by atoms with Crippen LogP contribution in [-0.2, 0) is 6.42 Å². The molecule has 0 saturated carbocycles. The molecule has 0 bridgehead atoms. The van der Waals surface area contributed by atoms with Crippen LogP contribution in [0.25, 0.3) is 0 Å². The van der Waals surface area contributed by atoms with E-state index in [1.807, 2.05) is 18.3 Å². The fraction of sp³-hybridized carbons (Fsp3) is 0.471. The predicted molar refractivity (Wildman–Crippen MR) is 83.5 cm³/mol. The summed E-state index contributed by atoms with van der Waals surface area (Å²) in [5.74, 6) is 0.939. The Bertz CT molecular complexity index is 593. The Balaban J connectivity index is 1.54. The highest BCUT2D eigenvalue weighted by molar-refractivity contribution is 5.27. The normalized spacial score (nSPS) is 19.0. The number of aryl methyl sites for hydroxylation is 2. The third kappa shape index (κ3) is 3.45. The summed E-state index contributed by atoms with van der Waals surface area (Å²) >= 11 is 0. The molecule has 1 aliphatic rings. The molecule has 1 aromatic heterocycles. The molecule has 1 aliphatic carbocycles. The van der Waals surface area contributed by atoms with E-state index in [1.54, 1.807) is 0 Å². The van der Waals surface area contributed by atoms with Gasteiger partial charge in [0.15, 0.2) is 0 Å².